The van der Waals surface area contributed by atoms with Gasteiger partial charge in [-0.3, -0.25) is 9.59 Å². The highest BCUT2D eigenvalue weighted by molar-refractivity contribution is 5.87. The average molecular weight is 302 g/mol. The van der Waals surface area contributed by atoms with Crippen molar-refractivity contribution in [3.05, 3.63) is 36.2 Å². The lowest BCUT2D eigenvalue weighted by molar-refractivity contribution is -0.128. The largest absolute Gasteiger partial charge is 0.350 e. The van der Waals surface area contributed by atoms with E-state index in [1.54, 1.807) is 13.8 Å². The molecule has 0 aliphatic heterocycles. The fourth-order valence-corrected chi connectivity index (χ4v) is 1.82. The van der Waals surface area contributed by atoms with E-state index >= 15 is 0 Å². The smallest absolute Gasteiger partial charge is 0.242 e. The number of aromatic nitrogens is 2. The standard InChI is InChI=1S/C15H18N4O3/c1-3-13(20)18-10(2)15(21)16-8-11-4-6-12(7-5-11)14-17-9-22-19-14/h4-7,9-10H,3,8H2,1-2H3,(H,16,21)(H,18,20)/t10-/m0/s1. The maximum atomic E-state index is 11.9. The van der Waals surface area contributed by atoms with Gasteiger partial charge in [-0.25, -0.2) is 0 Å². The highest BCUT2D eigenvalue weighted by atomic mass is 16.5. The highest BCUT2D eigenvalue weighted by Gasteiger charge is 2.14. The van der Waals surface area contributed by atoms with Gasteiger partial charge >= 0.3 is 0 Å². The Kier molecular flexibility index (Phi) is 5.24. The molecule has 0 spiro atoms. The van der Waals surface area contributed by atoms with Crippen LogP contribution >= 0.6 is 0 Å². The molecule has 0 unspecified atom stereocenters. The molecule has 0 saturated carbocycles. The number of carbonyl (C=O) groups excluding carboxylic acids is 2. The van der Waals surface area contributed by atoms with Gasteiger partial charge in [0, 0.05) is 18.5 Å². The minimum Gasteiger partial charge on any atom is -0.350 e. The van der Waals surface area contributed by atoms with Gasteiger partial charge < -0.3 is 15.2 Å². The Bertz CT molecular complexity index is 623. The van der Waals surface area contributed by atoms with Gasteiger partial charge in [0.25, 0.3) is 0 Å². The molecule has 2 aromatic rings. The zero-order valence-electron chi connectivity index (χ0n) is 12.5. The van der Waals surface area contributed by atoms with Crippen molar-refractivity contribution in [3.8, 4) is 11.4 Å². The molecule has 1 aromatic carbocycles. The van der Waals surface area contributed by atoms with Gasteiger partial charge in [0.1, 0.15) is 6.04 Å². The van der Waals surface area contributed by atoms with E-state index in [2.05, 4.69) is 20.8 Å². The van der Waals surface area contributed by atoms with Gasteiger partial charge in [0.05, 0.1) is 0 Å². The summed E-state index contributed by atoms with van der Waals surface area (Å²) in [6, 6.07) is 6.91. The number of hydrogen-bond donors (Lipinski definition) is 2. The van der Waals surface area contributed by atoms with Crippen molar-refractivity contribution >= 4 is 11.8 Å². The number of carbonyl (C=O) groups is 2. The molecule has 2 rings (SSSR count). The zero-order valence-corrected chi connectivity index (χ0v) is 12.5. The van der Waals surface area contributed by atoms with Crippen LogP contribution in [0.4, 0.5) is 0 Å². The fraction of sp³-hybridized carbons (Fsp3) is 0.333. The number of nitrogens with one attached hydrogen (secondary N) is 2. The maximum absolute atomic E-state index is 11.9. The van der Waals surface area contributed by atoms with Crippen LogP contribution in [0.15, 0.2) is 35.2 Å². The summed E-state index contributed by atoms with van der Waals surface area (Å²) in [5, 5.41) is 9.15. The predicted octanol–water partition coefficient (Wildman–Crippen LogP) is 1.27. The zero-order chi connectivity index (χ0) is 15.9. The molecule has 116 valence electrons. The maximum Gasteiger partial charge on any atom is 0.242 e. The van der Waals surface area contributed by atoms with E-state index in [1.807, 2.05) is 24.3 Å². The molecule has 0 aliphatic rings. The molecule has 22 heavy (non-hydrogen) atoms. The summed E-state index contributed by atoms with van der Waals surface area (Å²) >= 11 is 0. The first-order valence-electron chi connectivity index (χ1n) is 7.03. The summed E-state index contributed by atoms with van der Waals surface area (Å²) < 4.78 is 4.69. The second-order valence-electron chi connectivity index (χ2n) is 4.81. The molecule has 7 heteroatoms. The van der Waals surface area contributed by atoms with E-state index in [0.717, 1.165) is 11.1 Å². The van der Waals surface area contributed by atoms with E-state index < -0.39 is 6.04 Å². The number of hydrogen-bond acceptors (Lipinski definition) is 5. The van der Waals surface area contributed by atoms with Crippen LogP contribution in [0.25, 0.3) is 11.4 Å². The van der Waals surface area contributed by atoms with Crippen molar-refractivity contribution in [3.63, 3.8) is 0 Å². The SMILES string of the molecule is CCC(=O)N[C@@H](C)C(=O)NCc1ccc(-c2ncon2)cc1. The summed E-state index contributed by atoms with van der Waals surface area (Å²) in [7, 11) is 0. The third kappa shape index (κ3) is 4.15. The molecule has 1 heterocycles. The van der Waals surface area contributed by atoms with Crippen molar-refractivity contribution < 1.29 is 14.1 Å². The molecule has 1 atom stereocenters. The molecule has 2 N–H and O–H groups in total. The Labute approximate surface area is 128 Å². The minimum absolute atomic E-state index is 0.146. The van der Waals surface area contributed by atoms with Crippen LogP contribution in [-0.2, 0) is 16.1 Å². The van der Waals surface area contributed by atoms with Crippen molar-refractivity contribution in [2.45, 2.75) is 32.9 Å². The molecular weight excluding hydrogens is 284 g/mol. The molecule has 1 aromatic heterocycles. The number of benzene rings is 1. The van der Waals surface area contributed by atoms with E-state index in [9.17, 15) is 9.59 Å². The minimum atomic E-state index is -0.550. The van der Waals surface area contributed by atoms with E-state index in [4.69, 9.17) is 4.52 Å². The molecule has 0 aliphatic carbocycles. The normalized spacial score (nSPS) is 11.7. The van der Waals surface area contributed by atoms with Crippen molar-refractivity contribution in [2.24, 2.45) is 0 Å². The summed E-state index contributed by atoms with van der Waals surface area (Å²) in [4.78, 5) is 27.1. The lowest BCUT2D eigenvalue weighted by Crippen LogP contribution is -2.44. The quantitative estimate of drug-likeness (QED) is 0.837. The molecule has 0 saturated heterocycles. The monoisotopic (exact) mass is 302 g/mol. The van der Waals surface area contributed by atoms with Crippen molar-refractivity contribution in [2.75, 3.05) is 0 Å². The molecule has 0 radical (unpaired) electrons. The fourth-order valence-electron chi connectivity index (χ4n) is 1.82. The second-order valence-corrected chi connectivity index (χ2v) is 4.81. The molecule has 0 bridgehead atoms. The van der Waals surface area contributed by atoms with Gasteiger partial charge in [0.15, 0.2) is 0 Å². The molecular formula is C15H18N4O3. The van der Waals surface area contributed by atoms with Crippen LogP contribution in [0, 0.1) is 0 Å². The van der Waals surface area contributed by atoms with Crippen molar-refractivity contribution in [1.82, 2.24) is 20.8 Å². The van der Waals surface area contributed by atoms with Crippen molar-refractivity contribution in [1.29, 1.82) is 0 Å². The third-order valence-corrected chi connectivity index (χ3v) is 3.13. The van der Waals surface area contributed by atoms with Crippen LogP contribution in [0.1, 0.15) is 25.8 Å². The molecule has 7 nitrogen and oxygen atoms in total. The van der Waals surface area contributed by atoms with Gasteiger partial charge in [-0.15, -0.1) is 0 Å². The topological polar surface area (TPSA) is 97.1 Å². The molecule has 0 fully saturated rings. The Morgan fingerprint density at radius 1 is 1.27 bits per heavy atom. The first-order chi connectivity index (χ1) is 10.6. The van der Waals surface area contributed by atoms with E-state index in [-0.39, 0.29) is 11.8 Å². The van der Waals surface area contributed by atoms with Gasteiger partial charge in [-0.2, -0.15) is 4.98 Å². The molecule has 2 amide bonds. The summed E-state index contributed by atoms with van der Waals surface area (Å²) in [6.07, 6.45) is 1.63. The Morgan fingerprint density at radius 2 is 2.00 bits per heavy atom. The van der Waals surface area contributed by atoms with Crippen LogP contribution in [0.2, 0.25) is 0 Å². The lowest BCUT2D eigenvalue weighted by Gasteiger charge is -2.13. The second kappa shape index (κ2) is 7.35. The number of rotatable bonds is 6. The van der Waals surface area contributed by atoms with Crippen LogP contribution in [0.3, 0.4) is 0 Å². The first-order valence-corrected chi connectivity index (χ1v) is 7.03. The number of amides is 2. The Balaban J connectivity index is 1.86. The predicted molar refractivity (Wildman–Crippen MR) is 79.5 cm³/mol. The van der Waals surface area contributed by atoms with E-state index in [0.29, 0.717) is 18.8 Å². The van der Waals surface area contributed by atoms with Crippen LogP contribution in [0.5, 0.6) is 0 Å². The summed E-state index contributed by atoms with van der Waals surface area (Å²) in [6.45, 7) is 3.78. The average Bonchev–Trinajstić information content (AvgIpc) is 3.07. The van der Waals surface area contributed by atoms with Gasteiger partial charge in [-0.05, 0) is 12.5 Å². The third-order valence-electron chi connectivity index (χ3n) is 3.13. The van der Waals surface area contributed by atoms with Crippen LogP contribution < -0.4 is 10.6 Å². The summed E-state index contributed by atoms with van der Waals surface area (Å²) in [5.41, 5.74) is 1.78. The highest BCUT2D eigenvalue weighted by Crippen LogP contribution is 2.14. The Morgan fingerprint density at radius 3 is 2.59 bits per heavy atom. The lowest BCUT2D eigenvalue weighted by atomic mass is 10.1. The number of nitrogens with zero attached hydrogens (tertiary/aromatic N) is 2. The van der Waals surface area contributed by atoms with E-state index in [1.165, 1.54) is 6.39 Å². The summed E-state index contributed by atoms with van der Waals surface area (Å²) in [5.74, 6) is 0.155. The van der Waals surface area contributed by atoms with Gasteiger partial charge in [0.2, 0.25) is 24.0 Å². The van der Waals surface area contributed by atoms with Crippen LogP contribution in [-0.4, -0.2) is 28.0 Å². The Hall–Kier alpha value is -2.70. The first kappa shape index (κ1) is 15.7. The van der Waals surface area contributed by atoms with Gasteiger partial charge in [-0.1, -0.05) is 36.3 Å².